The minimum absolute atomic E-state index is 0.0672. The Morgan fingerprint density at radius 3 is 2.52 bits per heavy atom. The molecular formula is C21H23NO7. The molecule has 2 N–H and O–H groups in total. The molecule has 8 nitrogen and oxygen atoms in total. The molecule has 0 fully saturated rings. The van der Waals surface area contributed by atoms with Crippen LogP contribution in [0.2, 0.25) is 0 Å². The summed E-state index contributed by atoms with van der Waals surface area (Å²) in [6.45, 7) is 0.983. The van der Waals surface area contributed by atoms with E-state index < -0.39 is 24.2 Å². The van der Waals surface area contributed by atoms with Crippen molar-refractivity contribution in [2.24, 2.45) is 0 Å². The number of rotatable bonds is 7. The Kier molecular flexibility index (Phi) is 6.91. The number of hydrogen-bond acceptors (Lipinski definition) is 7. The van der Waals surface area contributed by atoms with Gasteiger partial charge in [0.1, 0.15) is 19.8 Å². The summed E-state index contributed by atoms with van der Waals surface area (Å²) in [5.74, 6) is 0.350. The molecule has 1 aliphatic rings. The van der Waals surface area contributed by atoms with E-state index in [0.29, 0.717) is 24.7 Å². The Morgan fingerprint density at radius 1 is 1.07 bits per heavy atom. The first-order chi connectivity index (χ1) is 14.1. The average Bonchev–Trinajstić information content (AvgIpc) is 2.76. The predicted molar refractivity (Wildman–Crippen MR) is 103 cm³/mol. The topological polar surface area (TPSA) is 103 Å². The molecule has 3 rings (SSSR count). The van der Waals surface area contributed by atoms with Crippen LogP contribution >= 0.6 is 0 Å². The summed E-state index contributed by atoms with van der Waals surface area (Å²) in [5.41, 5.74) is 1.56. The number of nitrogens with one attached hydrogen (secondary N) is 1. The van der Waals surface area contributed by atoms with Crippen LogP contribution in [0.5, 0.6) is 11.5 Å². The summed E-state index contributed by atoms with van der Waals surface area (Å²) in [6, 6.07) is 13.5. The second kappa shape index (κ2) is 9.79. The van der Waals surface area contributed by atoms with Crippen LogP contribution in [0.1, 0.15) is 11.1 Å². The number of hydrogen-bond donors (Lipinski definition) is 2. The van der Waals surface area contributed by atoms with Crippen molar-refractivity contribution < 1.29 is 33.6 Å². The molecule has 1 aliphatic heterocycles. The van der Waals surface area contributed by atoms with Crippen LogP contribution in [0.3, 0.4) is 0 Å². The van der Waals surface area contributed by atoms with Crippen molar-refractivity contribution in [3.8, 4) is 11.5 Å². The summed E-state index contributed by atoms with van der Waals surface area (Å²) in [7, 11) is 1.17. The van der Waals surface area contributed by atoms with Gasteiger partial charge in [-0.1, -0.05) is 36.4 Å². The third kappa shape index (κ3) is 5.61. The number of alkyl carbamates (subject to hydrolysis) is 1. The van der Waals surface area contributed by atoms with Crippen molar-refractivity contribution in [3.63, 3.8) is 0 Å². The Labute approximate surface area is 168 Å². The second-order valence-electron chi connectivity index (χ2n) is 6.46. The fourth-order valence-corrected chi connectivity index (χ4v) is 2.91. The van der Waals surface area contributed by atoms with Gasteiger partial charge in [0.2, 0.25) is 0 Å². The van der Waals surface area contributed by atoms with Gasteiger partial charge in [0.05, 0.1) is 13.2 Å². The zero-order chi connectivity index (χ0) is 20.6. The minimum Gasteiger partial charge on any atom is -0.486 e. The average molecular weight is 401 g/mol. The van der Waals surface area contributed by atoms with Gasteiger partial charge in [0, 0.05) is 0 Å². The molecule has 0 saturated carbocycles. The van der Waals surface area contributed by atoms with Crippen molar-refractivity contribution in [1.29, 1.82) is 0 Å². The summed E-state index contributed by atoms with van der Waals surface area (Å²) in [5, 5.41) is 12.9. The van der Waals surface area contributed by atoms with E-state index in [0.717, 1.165) is 11.1 Å². The molecule has 154 valence electrons. The number of aliphatic hydroxyl groups excluding tert-OH is 1. The van der Waals surface area contributed by atoms with E-state index in [9.17, 15) is 14.7 Å². The number of fused-ring (bicyclic) bond motifs is 1. The Hall–Kier alpha value is -3.26. The molecule has 8 heteroatoms. The van der Waals surface area contributed by atoms with Crippen LogP contribution in [0, 0.1) is 0 Å². The lowest BCUT2D eigenvalue weighted by Crippen LogP contribution is -2.48. The van der Waals surface area contributed by atoms with Crippen LogP contribution in [0.25, 0.3) is 0 Å². The van der Waals surface area contributed by atoms with Gasteiger partial charge in [-0.2, -0.15) is 0 Å². The predicted octanol–water partition coefficient (Wildman–Crippen LogP) is 1.83. The van der Waals surface area contributed by atoms with Crippen molar-refractivity contribution in [2.45, 2.75) is 25.2 Å². The van der Waals surface area contributed by atoms with Crippen LogP contribution in [0.4, 0.5) is 4.79 Å². The van der Waals surface area contributed by atoms with E-state index >= 15 is 0 Å². The number of benzene rings is 2. The number of aliphatic hydroxyl groups is 1. The van der Waals surface area contributed by atoms with Crippen molar-refractivity contribution in [1.82, 2.24) is 5.32 Å². The quantitative estimate of drug-likeness (QED) is 0.682. The fourth-order valence-electron chi connectivity index (χ4n) is 2.91. The first kappa shape index (κ1) is 20.5. The van der Waals surface area contributed by atoms with Crippen LogP contribution in [-0.2, 0) is 27.3 Å². The lowest BCUT2D eigenvalue weighted by atomic mass is 10.0. The Balaban J connectivity index is 1.67. The molecule has 0 bridgehead atoms. The lowest BCUT2D eigenvalue weighted by Gasteiger charge is -2.23. The van der Waals surface area contributed by atoms with Crippen LogP contribution in [-0.4, -0.2) is 49.6 Å². The van der Waals surface area contributed by atoms with Gasteiger partial charge >= 0.3 is 12.1 Å². The molecule has 0 aromatic heterocycles. The summed E-state index contributed by atoms with van der Waals surface area (Å²) >= 11 is 0. The molecule has 2 unspecified atom stereocenters. The van der Waals surface area contributed by atoms with Crippen LogP contribution in [0.15, 0.2) is 48.5 Å². The Morgan fingerprint density at radius 2 is 1.79 bits per heavy atom. The molecule has 1 amide bonds. The molecule has 1 heterocycles. The molecule has 29 heavy (non-hydrogen) atoms. The lowest BCUT2D eigenvalue weighted by molar-refractivity contribution is -0.151. The van der Waals surface area contributed by atoms with E-state index in [1.54, 1.807) is 18.2 Å². The largest absolute Gasteiger partial charge is 0.486 e. The number of methoxy groups -OCH3 is 1. The highest BCUT2D eigenvalue weighted by atomic mass is 16.6. The SMILES string of the molecule is COC(=O)C(O)C(Cc1ccc2c(c1)OCCO2)NC(=O)OCc1ccccc1. The number of amides is 1. The first-order valence-electron chi connectivity index (χ1n) is 9.18. The monoisotopic (exact) mass is 401 g/mol. The maximum Gasteiger partial charge on any atom is 0.407 e. The number of esters is 1. The zero-order valence-electron chi connectivity index (χ0n) is 16.0. The minimum atomic E-state index is -1.56. The summed E-state index contributed by atoms with van der Waals surface area (Å²) < 4.78 is 20.8. The normalized spacial score (nSPS) is 14.4. The highest BCUT2D eigenvalue weighted by molar-refractivity contribution is 5.77. The Bertz CT molecular complexity index is 840. The smallest absolute Gasteiger partial charge is 0.407 e. The van der Waals surface area contributed by atoms with E-state index in [4.69, 9.17) is 14.2 Å². The first-order valence-corrected chi connectivity index (χ1v) is 9.18. The van der Waals surface area contributed by atoms with Gasteiger partial charge in [0.15, 0.2) is 17.6 Å². The molecule has 2 aromatic rings. The molecule has 0 aliphatic carbocycles. The highest BCUT2D eigenvalue weighted by Crippen LogP contribution is 2.31. The van der Waals surface area contributed by atoms with Gasteiger partial charge in [-0.3, -0.25) is 0 Å². The van der Waals surface area contributed by atoms with E-state index in [1.807, 2.05) is 30.3 Å². The van der Waals surface area contributed by atoms with Gasteiger partial charge in [-0.25, -0.2) is 9.59 Å². The van der Waals surface area contributed by atoms with Gasteiger partial charge in [-0.15, -0.1) is 0 Å². The number of ether oxygens (including phenoxy) is 4. The van der Waals surface area contributed by atoms with Gasteiger partial charge in [-0.05, 0) is 29.7 Å². The highest BCUT2D eigenvalue weighted by Gasteiger charge is 2.29. The molecule has 2 atom stereocenters. The number of carbonyl (C=O) groups excluding carboxylic acids is 2. The third-order valence-corrected chi connectivity index (χ3v) is 4.40. The molecule has 2 aromatic carbocycles. The van der Waals surface area contributed by atoms with E-state index in [1.165, 1.54) is 7.11 Å². The van der Waals surface area contributed by atoms with Crippen LogP contribution < -0.4 is 14.8 Å². The van der Waals surface area contributed by atoms with Crippen molar-refractivity contribution >= 4 is 12.1 Å². The second-order valence-corrected chi connectivity index (χ2v) is 6.46. The molecule has 0 radical (unpaired) electrons. The van der Waals surface area contributed by atoms with Gasteiger partial charge < -0.3 is 29.4 Å². The standard InChI is InChI=1S/C21H23NO7/c1-26-20(24)19(23)16(22-21(25)29-13-14-5-3-2-4-6-14)11-15-7-8-17-18(12-15)28-10-9-27-17/h2-8,12,16,19,23H,9-11,13H2,1H3,(H,22,25). The molecule has 0 saturated heterocycles. The summed E-state index contributed by atoms with van der Waals surface area (Å²) in [4.78, 5) is 24.1. The van der Waals surface area contributed by atoms with Gasteiger partial charge in [0.25, 0.3) is 0 Å². The maximum absolute atomic E-state index is 12.2. The maximum atomic E-state index is 12.2. The van der Waals surface area contributed by atoms with E-state index in [-0.39, 0.29) is 13.0 Å². The molecular weight excluding hydrogens is 378 g/mol. The molecule has 0 spiro atoms. The number of carbonyl (C=O) groups is 2. The van der Waals surface area contributed by atoms with Crippen molar-refractivity contribution in [3.05, 3.63) is 59.7 Å². The third-order valence-electron chi connectivity index (χ3n) is 4.40. The van der Waals surface area contributed by atoms with Crippen molar-refractivity contribution in [2.75, 3.05) is 20.3 Å². The summed E-state index contributed by atoms with van der Waals surface area (Å²) in [6.07, 6.45) is -2.15. The van der Waals surface area contributed by atoms with E-state index in [2.05, 4.69) is 10.1 Å². The zero-order valence-corrected chi connectivity index (χ0v) is 16.0. The fraction of sp³-hybridized carbons (Fsp3) is 0.333.